The Morgan fingerprint density at radius 2 is 2.09 bits per heavy atom. The summed E-state index contributed by atoms with van der Waals surface area (Å²) in [5, 5.41) is 16.9. The molecule has 1 N–H and O–H groups in total. The number of likely N-dealkylation sites (N-methyl/N-ethyl adjacent to an activating group) is 1. The second-order valence-corrected chi connectivity index (χ2v) is 5.42. The molecule has 0 spiro atoms. The van der Waals surface area contributed by atoms with Crippen LogP contribution in [0.15, 0.2) is 46.5 Å². The van der Waals surface area contributed by atoms with Crippen LogP contribution >= 0.6 is 11.8 Å². The Balaban J connectivity index is 2.60. The average Bonchev–Trinajstić information content (AvgIpc) is 2.57. The van der Waals surface area contributed by atoms with E-state index in [1.165, 1.54) is 5.41 Å². The quantitative estimate of drug-likeness (QED) is 0.331. The first kappa shape index (κ1) is 18.9. The molecular formula is C16H22N4O2S. The number of hydrogen-bond acceptors (Lipinski definition) is 6. The van der Waals surface area contributed by atoms with Crippen molar-refractivity contribution >= 4 is 34.3 Å². The van der Waals surface area contributed by atoms with Gasteiger partial charge < -0.3 is 9.64 Å². The number of rotatable bonds is 8. The van der Waals surface area contributed by atoms with Crippen molar-refractivity contribution in [2.45, 2.75) is 20.3 Å². The summed E-state index contributed by atoms with van der Waals surface area (Å²) < 4.78 is 5.11. The Bertz CT molecular complexity index is 558. The first-order valence-corrected chi connectivity index (χ1v) is 8.27. The average molecular weight is 334 g/mol. The Labute approximate surface area is 141 Å². The summed E-state index contributed by atoms with van der Waals surface area (Å²) >= 11 is 1.11. The lowest BCUT2D eigenvalue weighted by Gasteiger charge is -2.22. The SMILES string of the molecule is C=CSC(=N)/N=N/c1ccc(N(CC)CCOC(=O)CC)cc1. The summed E-state index contributed by atoms with van der Waals surface area (Å²) in [7, 11) is 0. The highest BCUT2D eigenvalue weighted by molar-refractivity contribution is 8.16. The highest BCUT2D eigenvalue weighted by Crippen LogP contribution is 2.20. The number of benzene rings is 1. The molecular weight excluding hydrogens is 312 g/mol. The van der Waals surface area contributed by atoms with Gasteiger partial charge in [-0.1, -0.05) is 25.3 Å². The number of thioether (sulfide) groups is 1. The number of nitrogens with zero attached hydrogens (tertiary/aromatic N) is 3. The molecule has 0 aliphatic rings. The first-order valence-electron chi connectivity index (χ1n) is 7.39. The van der Waals surface area contributed by atoms with Crippen molar-refractivity contribution in [3.8, 4) is 0 Å². The molecule has 0 fully saturated rings. The van der Waals surface area contributed by atoms with Crippen LogP contribution in [-0.4, -0.2) is 30.8 Å². The summed E-state index contributed by atoms with van der Waals surface area (Å²) in [6, 6.07) is 7.55. The molecule has 1 rings (SSSR count). The molecule has 0 heterocycles. The third kappa shape index (κ3) is 7.10. The Kier molecular flexibility index (Phi) is 8.67. The van der Waals surface area contributed by atoms with Crippen molar-refractivity contribution in [2.24, 2.45) is 10.2 Å². The van der Waals surface area contributed by atoms with Crippen LogP contribution in [0.5, 0.6) is 0 Å². The van der Waals surface area contributed by atoms with Crippen LogP contribution in [0.3, 0.4) is 0 Å². The fourth-order valence-electron chi connectivity index (χ4n) is 1.78. The molecule has 1 aromatic rings. The largest absolute Gasteiger partial charge is 0.464 e. The lowest BCUT2D eigenvalue weighted by Crippen LogP contribution is -2.27. The van der Waals surface area contributed by atoms with Gasteiger partial charge in [0.2, 0.25) is 5.17 Å². The zero-order valence-electron chi connectivity index (χ0n) is 13.5. The topological polar surface area (TPSA) is 78.1 Å². The predicted molar refractivity (Wildman–Crippen MR) is 95.6 cm³/mol. The van der Waals surface area contributed by atoms with Gasteiger partial charge in [0.15, 0.2) is 0 Å². The van der Waals surface area contributed by atoms with Crippen LogP contribution in [0.2, 0.25) is 0 Å². The molecule has 0 aromatic heterocycles. The highest BCUT2D eigenvalue weighted by atomic mass is 32.2. The molecule has 0 aliphatic heterocycles. The van der Waals surface area contributed by atoms with Crippen molar-refractivity contribution in [1.29, 1.82) is 5.41 Å². The molecule has 124 valence electrons. The van der Waals surface area contributed by atoms with Gasteiger partial charge in [0.05, 0.1) is 12.2 Å². The number of carbonyl (C=O) groups excluding carboxylic acids is 1. The summed E-state index contributed by atoms with van der Waals surface area (Å²) in [4.78, 5) is 13.3. The number of anilines is 1. The molecule has 0 amide bonds. The van der Waals surface area contributed by atoms with Gasteiger partial charge in [0, 0.05) is 18.7 Å². The molecule has 23 heavy (non-hydrogen) atoms. The molecule has 0 radical (unpaired) electrons. The zero-order chi connectivity index (χ0) is 17.1. The van der Waals surface area contributed by atoms with E-state index < -0.39 is 0 Å². The molecule has 0 atom stereocenters. The van der Waals surface area contributed by atoms with E-state index in [4.69, 9.17) is 10.1 Å². The maximum atomic E-state index is 11.1. The fourth-order valence-corrected chi connectivity index (χ4v) is 2.02. The summed E-state index contributed by atoms with van der Waals surface area (Å²) in [5.41, 5.74) is 1.70. The smallest absolute Gasteiger partial charge is 0.305 e. The standard InChI is InChI=1S/C16H22N4O2S/c1-4-15(21)22-12-11-20(5-2)14-9-7-13(8-10-14)18-19-16(17)23-6-3/h6-10,17H,3-5,11-12H2,1-2H3/b17-16?,19-18+. The number of hydrogen-bond donors (Lipinski definition) is 1. The molecule has 1 aromatic carbocycles. The lowest BCUT2D eigenvalue weighted by atomic mass is 10.2. The van der Waals surface area contributed by atoms with E-state index in [1.54, 1.807) is 6.92 Å². The van der Waals surface area contributed by atoms with E-state index in [0.29, 0.717) is 25.3 Å². The van der Waals surface area contributed by atoms with E-state index in [0.717, 1.165) is 24.0 Å². The number of ether oxygens (including phenoxy) is 1. The number of esters is 1. The molecule has 6 nitrogen and oxygen atoms in total. The molecule has 7 heteroatoms. The van der Waals surface area contributed by atoms with Crippen LogP contribution in [0, 0.1) is 5.41 Å². The van der Waals surface area contributed by atoms with E-state index in [-0.39, 0.29) is 11.1 Å². The van der Waals surface area contributed by atoms with Gasteiger partial charge in [-0.25, -0.2) is 0 Å². The third-order valence-corrected chi connectivity index (χ3v) is 3.43. The number of carbonyl (C=O) groups is 1. The second kappa shape index (κ2) is 10.6. The number of nitrogens with one attached hydrogen (secondary N) is 1. The Morgan fingerprint density at radius 3 is 2.65 bits per heavy atom. The van der Waals surface area contributed by atoms with Gasteiger partial charge in [0.25, 0.3) is 0 Å². The van der Waals surface area contributed by atoms with Gasteiger partial charge in [-0.2, -0.15) is 0 Å². The highest BCUT2D eigenvalue weighted by Gasteiger charge is 2.06. The number of amidine groups is 1. The van der Waals surface area contributed by atoms with Crippen LogP contribution in [0.4, 0.5) is 11.4 Å². The van der Waals surface area contributed by atoms with Gasteiger partial charge in [-0.3, -0.25) is 10.2 Å². The molecule has 0 saturated heterocycles. The number of azo groups is 1. The van der Waals surface area contributed by atoms with Crippen LogP contribution in [0.1, 0.15) is 20.3 Å². The van der Waals surface area contributed by atoms with Crippen molar-refractivity contribution in [2.75, 3.05) is 24.6 Å². The van der Waals surface area contributed by atoms with Crippen LogP contribution < -0.4 is 4.90 Å². The Morgan fingerprint density at radius 1 is 1.39 bits per heavy atom. The minimum absolute atomic E-state index is 0.0944. The second-order valence-electron chi connectivity index (χ2n) is 4.46. The lowest BCUT2D eigenvalue weighted by molar-refractivity contribution is -0.142. The maximum absolute atomic E-state index is 11.1. The van der Waals surface area contributed by atoms with E-state index in [9.17, 15) is 4.79 Å². The monoisotopic (exact) mass is 334 g/mol. The minimum Gasteiger partial charge on any atom is -0.464 e. The fraction of sp³-hybridized carbons (Fsp3) is 0.375. The van der Waals surface area contributed by atoms with Crippen molar-refractivity contribution in [1.82, 2.24) is 0 Å². The molecule has 0 unspecified atom stereocenters. The summed E-state index contributed by atoms with van der Waals surface area (Å²) in [5.74, 6) is -0.184. The minimum atomic E-state index is -0.184. The van der Waals surface area contributed by atoms with E-state index in [2.05, 4.69) is 21.7 Å². The van der Waals surface area contributed by atoms with Gasteiger partial charge in [-0.05, 0) is 36.6 Å². The molecule has 0 saturated carbocycles. The predicted octanol–water partition coefficient (Wildman–Crippen LogP) is 4.36. The van der Waals surface area contributed by atoms with E-state index in [1.807, 2.05) is 31.2 Å². The summed E-state index contributed by atoms with van der Waals surface area (Å²) in [6.07, 6.45) is 0.394. The van der Waals surface area contributed by atoms with Crippen molar-refractivity contribution in [3.05, 3.63) is 36.3 Å². The van der Waals surface area contributed by atoms with Gasteiger partial charge >= 0.3 is 5.97 Å². The summed E-state index contributed by atoms with van der Waals surface area (Å²) in [6.45, 7) is 9.17. The van der Waals surface area contributed by atoms with Crippen LogP contribution in [0.25, 0.3) is 0 Å². The van der Waals surface area contributed by atoms with E-state index >= 15 is 0 Å². The zero-order valence-corrected chi connectivity index (χ0v) is 14.3. The molecule has 0 aliphatic carbocycles. The van der Waals surface area contributed by atoms with Gasteiger partial charge in [0.1, 0.15) is 6.61 Å². The van der Waals surface area contributed by atoms with Crippen molar-refractivity contribution in [3.63, 3.8) is 0 Å². The first-order chi connectivity index (χ1) is 11.1. The third-order valence-electron chi connectivity index (χ3n) is 2.96. The normalized spacial score (nSPS) is 10.5. The maximum Gasteiger partial charge on any atom is 0.305 e. The Hall–Kier alpha value is -2.15. The van der Waals surface area contributed by atoms with Gasteiger partial charge in [-0.15, -0.1) is 10.2 Å². The van der Waals surface area contributed by atoms with Crippen molar-refractivity contribution < 1.29 is 9.53 Å². The molecule has 0 bridgehead atoms. The van der Waals surface area contributed by atoms with Crippen LogP contribution in [-0.2, 0) is 9.53 Å².